The summed E-state index contributed by atoms with van der Waals surface area (Å²) in [6.45, 7) is 2.13. The number of hydrogen-bond donors (Lipinski definition) is 3. The molecule has 0 bridgehead atoms. The second-order valence-corrected chi connectivity index (χ2v) is 8.33. The van der Waals surface area contributed by atoms with E-state index in [1.807, 2.05) is 6.07 Å². The molecule has 1 unspecified atom stereocenters. The standard InChI is InChI=1S/C26H23F3N6O3/c1-16(23(36)30-12-13-31-24(37)17-6-3-2-4-7-17)35-15-18-14-19(10-11-20(18)34-35)32-25(38)21-8-5-9-22(33-21)26(27,28)29/h2-11,14-16H,12-13H2,1H3,(H,30,36)(H,31,37)(H,32,38). The quantitative estimate of drug-likeness (QED) is 0.303. The van der Waals surface area contributed by atoms with Crippen molar-refractivity contribution in [3.63, 3.8) is 0 Å². The Morgan fingerprint density at radius 1 is 0.921 bits per heavy atom. The maximum Gasteiger partial charge on any atom is 0.433 e. The van der Waals surface area contributed by atoms with Gasteiger partial charge in [-0.3, -0.25) is 19.1 Å². The summed E-state index contributed by atoms with van der Waals surface area (Å²) in [5.41, 5.74) is -0.131. The molecule has 0 saturated carbocycles. The van der Waals surface area contributed by atoms with Gasteiger partial charge in [-0.15, -0.1) is 0 Å². The van der Waals surface area contributed by atoms with Gasteiger partial charge in [0, 0.05) is 35.9 Å². The molecule has 9 nitrogen and oxygen atoms in total. The highest BCUT2D eigenvalue weighted by Crippen LogP contribution is 2.27. The minimum Gasteiger partial charge on any atom is -0.352 e. The van der Waals surface area contributed by atoms with Crippen molar-refractivity contribution in [2.24, 2.45) is 0 Å². The molecule has 0 aliphatic rings. The highest BCUT2D eigenvalue weighted by Gasteiger charge is 2.33. The van der Waals surface area contributed by atoms with E-state index in [0.717, 1.165) is 12.1 Å². The zero-order valence-electron chi connectivity index (χ0n) is 20.1. The fraction of sp³-hybridized carbons (Fsp3) is 0.192. The number of alkyl halides is 3. The predicted octanol–water partition coefficient (Wildman–Crippen LogP) is 3.81. The van der Waals surface area contributed by atoms with Crippen LogP contribution in [0.4, 0.5) is 18.9 Å². The van der Waals surface area contributed by atoms with Crippen molar-refractivity contribution in [3.8, 4) is 0 Å². The Balaban J connectivity index is 1.34. The Kier molecular flexibility index (Phi) is 7.70. The number of nitrogens with one attached hydrogen (secondary N) is 3. The molecule has 4 aromatic rings. The predicted molar refractivity (Wildman–Crippen MR) is 133 cm³/mol. The molecule has 0 aliphatic heterocycles. The van der Waals surface area contributed by atoms with Crippen molar-refractivity contribution in [1.82, 2.24) is 25.4 Å². The van der Waals surface area contributed by atoms with E-state index in [4.69, 9.17) is 0 Å². The van der Waals surface area contributed by atoms with Crippen molar-refractivity contribution in [2.75, 3.05) is 18.4 Å². The molecule has 2 heterocycles. The van der Waals surface area contributed by atoms with Crippen molar-refractivity contribution < 1.29 is 27.6 Å². The molecule has 2 aromatic heterocycles. The lowest BCUT2D eigenvalue weighted by Gasteiger charge is -2.13. The van der Waals surface area contributed by atoms with Gasteiger partial charge >= 0.3 is 6.18 Å². The molecular weight excluding hydrogens is 501 g/mol. The van der Waals surface area contributed by atoms with E-state index in [2.05, 4.69) is 26.0 Å². The summed E-state index contributed by atoms with van der Waals surface area (Å²) >= 11 is 0. The zero-order valence-corrected chi connectivity index (χ0v) is 20.1. The lowest BCUT2D eigenvalue weighted by atomic mass is 10.2. The Morgan fingerprint density at radius 3 is 2.39 bits per heavy atom. The maximum atomic E-state index is 12.9. The Bertz CT molecular complexity index is 1470. The molecule has 38 heavy (non-hydrogen) atoms. The van der Waals surface area contributed by atoms with E-state index in [1.165, 1.54) is 10.7 Å². The van der Waals surface area contributed by atoms with Gasteiger partial charge in [-0.25, -0.2) is 4.98 Å². The number of halogens is 3. The number of pyridine rings is 1. The maximum absolute atomic E-state index is 12.9. The average Bonchev–Trinajstić information content (AvgIpc) is 3.34. The number of anilines is 1. The van der Waals surface area contributed by atoms with Crippen LogP contribution in [0.15, 0.2) is 72.9 Å². The highest BCUT2D eigenvalue weighted by molar-refractivity contribution is 6.03. The number of nitrogens with zero attached hydrogens (tertiary/aromatic N) is 3. The van der Waals surface area contributed by atoms with Crippen LogP contribution in [0.3, 0.4) is 0 Å². The van der Waals surface area contributed by atoms with Crippen molar-refractivity contribution >= 4 is 34.3 Å². The van der Waals surface area contributed by atoms with Gasteiger partial charge in [-0.2, -0.15) is 18.3 Å². The molecule has 1 atom stereocenters. The molecule has 12 heteroatoms. The monoisotopic (exact) mass is 524 g/mol. The van der Waals surface area contributed by atoms with Crippen LogP contribution < -0.4 is 16.0 Å². The number of carbonyl (C=O) groups excluding carboxylic acids is 3. The zero-order chi connectivity index (χ0) is 27.3. The first kappa shape index (κ1) is 26.3. The molecule has 196 valence electrons. The Hall–Kier alpha value is -4.74. The van der Waals surface area contributed by atoms with E-state index in [1.54, 1.807) is 55.6 Å². The molecular formula is C26H23F3N6O3. The van der Waals surface area contributed by atoms with Crippen LogP contribution in [0.5, 0.6) is 0 Å². The van der Waals surface area contributed by atoms with Crippen molar-refractivity contribution in [3.05, 3.63) is 89.9 Å². The van der Waals surface area contributed by atoms with Crippen LogP contribution in [0, 0.1) is 0 Å². The minimum absolute atomic E-state index is 0.224. The summed E-state index contributed by atoms with van der Waals surface area (Å²) in [6, 6.07) is 15.9. The van der Waals surface area contributed by atoms with E-state index in [9.17, 15) is 27.6 Å². The van der Waals surface area contributed by atoms with Gasteiger partial charge < -0.3 is 16.0 Å². The van der Waals surface area contributed by atoms with Crippen LogP contribution in [-0.2, 0) is 11.0 Å². The van der Waals surface area contributed by atoms with Gasteiger partial charge in [-0.1, -0.05) is 24.3 Å². The lowest BCUT2D eigenvalue weighted by Crippen LogP contribution is -2.37. The summed E-state index contributed by atoms with van der Waals surface area (Å²) in [4.78, 5) is 40.5. The number of benzene rings is 2. The summed E-state index contributed by atoms with van der Waals surface area (Å²) < 4.78 is 40.1. The second kappa shape index (κ2) is 11.1. The average molecular weight is 525 g/mol. The number of carbonyl (C=O) groups is 3. The first-order valence-corrected chi connectivity index (χ1v) is 11.6. The first-order valence-electron chi connectivity index (χ1n) is 11.6. The van der Waals surface area contributed by atoms with Crippen molar-refractivity contribution in [1.29, 1.82) is 0 Å². The van der Waals surface area contributed by atoms with E-state index >= 15 is 0 Å². The molecule has 4 rings (SSSR count). The molecule has 0 aliphatic carbocycles. The first-order chi connectivity index (χ1) is 18.1. The number of rotatable bonds is 8. The topological polar surface area (TPSA) is 118 Å². The van der Waals surface area contributed by atoms with Gasteiger partial charge in [0.1, 0.15) is 17.4 Å². The third kappa shape index (κ3) is 6.33. The summed E-state index contributed by atoms with van der Waals surface area (Å²) in [6.07, 6.45) is -3.04. The molecule has 0 saturated heterocycles. The summed E-state index contributed by atoms with van der Waals surface area (Å²) in [5, 5.41) is 13.0. The van der Waals surface area contributed by atoms with Crippen LogP contribution in [0.2, 0.25) is 0 Å². The van der Waals surface area contributed by atoms with Gasteiger partial charge in [0.2, 0.25) is 5.91 Å². The molecule has 0 spiro atoms. The smallest absolute Gasteiger partial charge is 0.352 e. The van der Waals surface area contributed by atoms with Gasteiger partial charge in [0.25, 0.3) is 11.8 Å². The van der Waals surface area contributed by atoms with Crippen LogP contribution in [0.25, 0.3) is 10.9 Å². The largest absolute Gasteiger partial charge is 0.433 e. The summed E-state index contributed by atoms with van der Waals surface area (Å²) in [5.74, 6) is -1.34. The number of fused-ring (bicyclic) bond motifs is 1. The molecule has 3 amide bonds. The normalized spacial score (nSPS) is 12.1. The van der Waals surface area contributed by atoms with E-state index in [0.29, 0.717) is 22.2 Å². The molecule has 0 radical (unpaired) electrons. The second-order valence-electron chi connectivity index (χ2n) is 8.33. The van der Waals surface area contributed by atoms with E-state index < -0.39 is 23.8 Å². The SMILES string of the molecule is CC(C(=O)NCCNC(=O)c1ccccc1)n1cc2cc(NC(=O)c3cccc(C(F)(F)F)n3)ccc2n1. The number of amides is 3. The number of hydrogen-bond acceptors (Lipinski definition) is 5. The Morgan fingerprint density at radius 2 is 1.66 bits per heavy atom. The molecule has 0 fully saturated rings. The van der Waals surface area contributed by atoms with Crippen LogP contribution in [0.1, 0.15) is 39.5 Å². The van der Waals surface area contributed by atoms with Crippen LogP contribution in [-0.4, -0.2) is 45.6 Å². The third-order valence-corrected chi connectivity index (χ3v) is 5.57. The third-order valence-electron chi connectivity index (χ3n) is 5.57. The number of aromatic nitrogens is 3. The molecule has 3 N–H and O–H groups in total. The Labute approximate surface area is 215 Å². The van der Waals surface area contributed by atoms with Gasteiger partial charge in [0.05, 0.1) is 5.52 Å². The van der Waals surface area contributed by atoms with E-state index in [-0.39, 0.29) is 30.6 Å². The summed E-state index contributed by atoms with van der Waals surface area (Å²) in [7, 11) is 0. The van der Waals surface area contributed by atoms with Crippen molar-refractivity contribution in [2.45, 2.75) is 19.1 Å². The minimum atomic E-state index is -4.66. The van der Waals surface area contributed by atoms with Gasteiger partial charge in [0.15, 0.2) is 0 Å². The fourth-order valence-electron chi connectivity index (χ4n) is 3.56. The lowest BCUT2D eigenvalue weighted by molar-refractivity contribution is -0.141. The van der Waals surface area contributed by atoms with Gasteiger partial charge in [-0.05, 0) is 49.4 Å². The molecule has 2 aromatic carbocycles. The highest BCUT2D eigenvalue weighted by atomic mass is 19.4. The van der Waals surface area contributed by atoms with Crippen LogP contribution >= 0.6 is 0 Å². The fourth-order valence-corrected chi connectivity index (χ4v) is 3.56.